The summed E-state index contributed by atoms with van der Waals surface area (Å²) < 4.78 is 10.7. The molecule has 1 aliphatic heterocycles. The van der Waals surface area contributed by atoms with Gasteiger partial charge in [0.2, 0.25) is 0 Å². The molecule has 0 atom stereocenters. The van der Waals surface area contributed by atoms with Crippen molar-refractivity contribution in [2.24, 2.45) is 0 Å². The van der Waals surface area contributed by atoms with E-state index in [1.807, 2.05) is 17.0 Å². The second-order valence-electron chi connectivity index (χ2n) is 7.36. The fourth-order valence-corrected chi connectivity index (χ4v) is 5.11. The number of esters is 1. The highest BCUT2D eigenvalue weighted by molar-refractivity contribution is 7.17. The third kappa shape index (κ3) is 3.92. The van der Waals surface area contributed by atoms with Crippen LogP contribution in [0.3, 0.4) is 0 Å². The van der Waals surface area contributed by atoms with Gasteiger partial charge < -0.3 is 14.4 Å². The third-order valence-corrected chi connectivity index (χ3v) is 6.71. The first-order valence-electron chi connectivity index (χ1n) is 9.90. The van der Waals surface area contributed by atoms with Gasteiger partial charge in [-0.3, -0.25) is 4.79 Å². The van der Waals surface area contributed by atoms with Crippen molar-refractivity contribution in [3.63, 3.8) is 0 Å². The maximum absolute atomic E-state index is 12.5. The Bertz CT molecular complexity index is 881. The minimum Gasteiger partial charge on any atom is -0.497 e. The number of carbonyl (C=O) groups is 2. The Kier molecular flexibility index (Phi) is 5.67. The normalized spacial score (nSPS) is 16.0. The van der Waals surface area contributed by atoms with Crippen molar-refractivity contribution in [2.75, 3.05) is 26.8 Å². The third-order valence-electron chi connectivity index (χ3n) is 5.52. The van der Waals surface area contributed by atoms with Crippen LogP contribution < -0.4 is 4.74 Å². The predicted molar refractivity (Wildman–Crippen MR) is 109 cm³/mol. The highest BCUT2D eigenvalue weighted by Crippen LogP contribution is 2.41. The molecule has 1 aliphatic carbocycles. The first-order chi connectivity index (χ1) is 13.7. The molecule has 0 bridgehead atoms. The van der Waals surface area contributed by atoms with Crippen LogP contribution in [0.25, 0.3) is 10.4 Å². The van der Waals surface area contributed by atoms with E-state index < -0.39 is 5.97 Å². The monoisotopic (exact) mass is 399 g/mol. The van der Waals surface area contributed by atoms with Gasteiger partial charge in [-0.1, -0.05) is 12.8 Å². The molecule has 1 saturated heterocycles. The van der Waals surface area contributed by atoms with Crippen LogP contribution in [0, 0.1) is 0 Å². The Labute approximate surface area is 169 Å². The lowest BCUT2D eigenvalue weighted by molar-refractivity contribution is -0.134. The summed E-state index contributed by atoms with van der Waals surface area (Å²) in [5, 5.41) is 0. The van der Waals surface area contributed by atoms with Crippen LogP contribution in [0.5, 0.6) is 5.75 Å². The fraction of sp³-hybridized carbons (Fsp3) is 0.455. The van der Waals surface area contributed by atoms with Gasteiger partial charge in [0.15, 0.2) is 6.61 Å². The number of thiophene rings is 1. The van der Waals surface area contributed by atoms with Gasteiger partial charge in [-0.05, 0) is 66.6 Å². The molecule has 1 aromatic heterocycles. The number of aryl methyl sites for hydroxylation is 2. The first kappa shape index (κ1) is 19.0. The average molecular weight is 400 g/mol. The summed E-state index contributed by atoms with van der Waals surface area (Å²) in [5.41, 5.74) is 3.57. The van der Waals surface area contributed by atoms with E-state index >= 15 is 0 Å². The lowest BCUT2D eigenvalue weighted by Crippen LogP contribution is -2.35. The molecule has 0 spiro atoms. The van der Waals surface area contributed by atoms with Gasteiger partial charge in [-0.15, -0.1) is 11.3 Å². The number of nitrogens with zero attached hydrogens (tertiary/aromatic N) is 1. The maximum Gasteiger partial charge on any atom is 0.348 e. The van der Waals surface area contributed by atoms with Gasteiger partial charge in [0.25, 0.3) is 5.91 Å². The number of amides is 1. The van der Waals surface area contributed by atoms with E-state index in [2.05, 4.69) is 12.1 Å². The standard InChI is InChI=1S/C22H25NO4S/c1-26-17-8-9-18-15(12-17)6-7-16-13-19(28-21(16)18)22(25)27-14-20(24)23-10-4-2-3-5-11-23/h8-9,12-13H,2-7,10-11,14H2,1H3. The quantitative estimate of drug-likeness (QED) is 0.727. The van der Waals surface area contributed by atoms with Gasteiger partial charge in [-0.2, -0.15) is 0 Å². The summed E-state index contributed by atoms with van der Waals surface area (Å²) in [5.74, 6) is 0.358. The first-order valence-corrected chi connectivity index (χ1v) is 10.7. The molecule has 0 saturated carbocycles. The van der Waals surface area contributed by atoms with E-state index in [9.17, 15) is 9.59 Å². The topological polar surface area (TPSA) is 55.8 Å². The van der Waals surface area contributed by atoms with Gasteiger partial charge >= 0.3 is 5.97 Å². The molecule has 0 unspecified atom stereocenters. The van der Waals surface area contributed by atoms with E-state index in [-0.39, 0.29) is 12.5 Å². The van der Waals surface area contributed by atoms with Gasteiger partial charge in [0, 0.05) is 18.0 Å². The number of rotatable bonds is 4. The molecular weight excluding hydrogens is 374 g/mol. The van der Waals surface area contributed by atoms with Crippen LogP contribution in [0.1, 0.15) is 46.5 Å². The van der Waals surface area contributed by atoms with Gasteiger partial charge in [-0.25, -0.2) is 4.79 Å². The number of carbonyl (C=O) groups excluding carboxylic acids is 2. The molecule has 1 fully saturated rings. The van der Waals surface area contributed by atoms with Crippen LogP contribution in [-0.2, 0) is 22.4 Å². The number of hydrogen-bond donors (Lipinski definition) is 0. The second kappa shape index (κ2) is 8.35. The minimum absolute atomic E-state index is 0.0889. The lowest BCUT2D eigenvalue weighted by atomic mass is 9.91. The second-order valence-corrected chi connectivity index (χ2v) is 8.41. The van der Waals surface area contributed by atoms with Crippen LogP contribution in [0.4, 0.5) is 0 Å². The molecular formula is C22H25NO4S. The number of benzene rings is 1. The summed E-state index contributed by atoms with van der Waals surface area (Å²) in [6.45, 7) is 1.36. The molecule has 0 radical (unpaired) electrons. The van der Waals surface area contributed by atoms with Crippen molar-refractivity contribution in [1.82, 2.24) is 4.90 Å². The van der Waals surface area contributed by atoms with Crippen molar-refractivity contribution in [1.29, 1.82) is 0 Å². The summed E-state index contributed by atoms with van der Waals surface area (Å²) in [7, 11) is 1.67. The summed E-state index contributed by atoms with van der Waals surface area (Å²) in [4.78, 5) is 28.4. The van der Waals surface area contributed by atoms with E-state index in [0.29, 0.717) is 4.88 Å². The van der Waals surface area contributed by atoms with E-state index in [0.717, 1.165) is 67.8 Å². The molecule has 2 aromatic rings. The summed E-state index contributed by atoms with van der Waals surface area (Å²) in [6, 6.07) is 7.99. The molecule has 2 heterocycles. The van der Waals surface area contributed by atoms with Gasteiger partial charge in [0.05, 0.1) is 7.11 Å². The highest BCUT2D eigenvalue weighted by Gasteiger charge is 2.24. The Balaban J connectivity index is 1.43. The zero-order chi connectivity index (χ0) is 19.5. The molecule has 6 heteroatoms. The van der Waals surface area contributed by atoms with Crippen LogP contribution in [0.2, 0.25) is 0 Å². The van der Waals surface area contributed by atoms with Crippen molar-refractivity contribution in [2.45, 2.75) is 38.5 Å². The molecule has 148 valence electrons. The fourth-order valence-electron chi connectivity index (χ4n) is 3.95. The number of fused-ring (bicyclic) bond motifs is 3. The zero-order valence-corrected chi connectivity index (χ0v) is 17.0. The Morgan fingerprint density at radius 3 is 2.54 bits per heavy atom. The number of ether oxygens (including phenoxy) is 2. The minimum atomic E-state index is -0.405. The van der Waals surface area contributed by atoms with Crippen molar-refractivity contribution < 1.29 is 19.1 Å². The highest BCUT2D eigenvalue weighted by atomic mass is 32.1. The average Bonchev–Trinajstić information content (AvgIpc) is 2.98. The predicted octanol–water partition coefficient (Wildman–Crippen LogP) is 4.08. The summed E-state index contributed by atoms with van der Waals surface area (Å²) >= 11 is 1.45. The maximum atomic E-state index is 12.5. The largest absolute Gasteiger partial charge is 0.497 e. The molecule has 2 aliphatic rings. The van der Waals surface area contributed by atoms with Crippen molar-refractivity contribution in [3.8, 4) is 16.2 Å². The molecule has 5 nitrogen and oxygen atoms in total. The Morgan fingerprint density at radius 2 is 1.79 bits per heavy atom. The van der Waals surface area contributed by atoms with Crippen molar-refractivity contribution in [3.05, 3.63) is 40.3 Å². The SMILES string of the molecule is COc1ccc2c(c1)CCc1cc(C(=O)OCC(=O)N3CCCCCC3)sc1-2. The van der Waals surface area contributed by atoms with Crippen LogP contribution in [0.15, 0.2) is 24.3 Å². The smallest absolute Gasteiger partial charge is 0.348 e. The number of methoxy groups -OCH3 is 1. The van der Waals surface area contributed by atoms with E-state index in [4.69, 9.17) is 9.47 Å². The molecule has 1 amide bonds. The Hall–Kier alpha value is -2.34. The Morgan fingerprint density at radius 1 is 1.04 bits per heavy atom. The molecule has 0 N–H and O–H groups in total. The molecule has 4 rings (SSSR count). The van der Waals surface area contributed by atoms with E-state index in [1.54, 1.807) is 7.11 Å². The lowest BCUT2D eigenvalue weighted by Gasteiger charge is -2.19. The number of likely N-dealkylation sites (tertiary alicyclic amines) is 1. The zero-order valence-electron chi connectivity index (χ0n) is 16.2. The molecule has 28 heavy (non-hydrogen) atoms. The molecule has 1 aromatic carbocycles. The number of hydrogen-bond acceptors (Lipinski definition) is 5. The van der Waals surface area contributed by atoms with Crippen LogP contribution >= 0.6 is 11.3 Å². The van der Waals surface area contributed by atoms with Crippen molar-refractivity contribution >= 4 is 23.2 Å². The summed E-state index contributed by atoms with van der Waals surface area (Å²) in [6.07, 6.45) is 6.21. The van der Waals surface area contributed by atoms with E-state index in [1.165, 1.54) is 22.5 Å². The van der Waals surface area contributed by atoms with Gasteiger partial charge in [0.1, 0.15) is 10.6 Å². The van der Waals surface area contributed by atoms with Crippen LogP contribution in [-0.4, -0.2) is 43.6 Å².